The first-order chi connectivity index (χ1) is 9.27. The smallest absolute Gasteiger partial charge is 0.315 e. The largest absolute Gasteiger partial charge is 0.481 e. The van der Waals surface area contributed by atoms with Crippen molar-refractivity contribution in [2.45, 2.75) is 59.9 Å². The van der Waals surface area contributed by atoms with Crippen LogP contribution >= 0.6 is 0 Å². The summed E-state index contributed by atoms with van der Waals surface area (Å²) in [6, 6.07) is -0.565. The summed E-state index contributed by atoms with van der Waals surface area (Å²) >= 11 is 0. The lowest BCUT2D eigenvalue weighted by Crippen LogP contribution is -2.45. The molecule has 0 aromatic rings. The summed E-state index contributed by atoms with van der Waals surface area (Å²) in [5.74, 6) is 0.539. The molecule has 0 saturated heterocycles. The molecular formula is C15H30N2O3. The lowest BCUT2D eigenvalue weighted by molar-refractivity contribution is -0.137. The zero-order valence-electron chi connectivity index (χ0n) is 13.4. The van der Waals surface area contributed by atoms with Gasteiger partial charge in [-0.2, -0.15) is 0 Å². The first kappa shape index (κ1) is 18.7. The van der Waals surface area contributed by atoms with Crippen molar-refractivity contribution in [3.63, 3.8) is 0 Å². The number of carboxylic acids is 1. The molecule has 0 aliphatic rings. The molecule has 118 valence electrons. The van der Waals surface area contributed by atoms with Crippen LogP contribution in [0.1, 0.15) is 53.9 Å². The van der Waals surface area contributed by atoms with Gasteiger partial charge in [0.1, 0.15) is 0 Å². The Kier molecular flexibility index (Phi) is 9.01. The van der Waals surface area contributed by atoms with Gasteiger partial charge in [0, 0.05) is 12.6 Å². The van der Waals surface area contributed by atoms with Gasteiger partial charge < -0.3 is 15.7 Å². The number of rotatable bonds is 9. The molecule has 0 aromatic carbocycles. The third-order valence-electron chi connectivity index (χ3n) is 3.60. The van der Waals surface area contributed by atoms with Crippen LogP contribution in [-0.4, -0.2) is 29.7 Å². The van der Waals surface area contributed by atoms with Crippen molar-refractivity contribution in [3.8, 4) is 0 Å². The minimum atomic E-state index is -0.883. The monoisotopic (exact) mass is 286 g/mol. The van der Waals surface area contributed by atoms with Gasteiger partial charge in [-0.25, -0.2) is 4.79 Å². The molecule has 0 spiro atoms. The number of carboxylic acid groups (broad SMARTS) is 1. The highest BCUT2D eigenvalue weighted by atomic mass is 16.4. The topological polar surface area (TPSA) is 78.4 Å². The summed E-state index contributed by atoms with van der Waals surface area (Å²) < 4.78 is 0. The average molecular weight is 286 g/mol. The normalized spacial score (nSPS) is 12.8. The Morgan fingerprint density at radius 1 is 1.10 bits per heavy atom. The second-order valence-corrected chi connectivity index (χ2v) is 6.09. The minimum absolute atomic E-state index is 0.0287. The van der Waals surface area contributed by atoms with Crippen LogP contribution in [0.4, 0.5) is 4.79 Å². The van der Waals surface area contributed by atoms with Gasteiger partial charge >= 0.3 is 12.0 Å². The zero-order chi connectivity index (χ0) is 15.7. The standard InChI is InChI=1S/C15H30N2O3/c1-6-7-12(8-14(18)19)17-15(20)16-9-13(10(2)3)11(4)5/h10-13H,6-9H2,1-5H3,(H,18,19)(H2,16,17,20). The van der Waals surface area contributed by atoms with E-state index in [4.69, 9.17) is 5.11 Å². The molecule has 1 unspecified atom stereocenters. The Bertz CT molecular complexity index is 295. The molecule has 3 N–H and O–H groups in total. The van der Waals surface area contributed by atoms with E-state index in [1.165, 1.54) is 0 Å². The summed E-state index contributed by atoms with van der Waals surface area (Å²) in [6.07, 6.45) is 1.50. The van der Waals surface area contributed by atoms with Gasteiger partial charge in [-0.05, 0) is 24.2 Å². The number of nitrogens with one attached hydrogen (secondary N) is 2. The van der Waals surface area contributed by atoms with Gasteiger partial charge in [0.15, 0.2) is 0 Å². The summed E-state index contributed by atoms with van der Waals surface area (Å²) in [5.41, 5.74) is 0. The van der Waals surface area contributed by atoms with Crippen LogP contribution in [0.3, 0.4) is 0 Å². The Labute approximate surface area is 122 Å². The molecule has 5 nitrogen and oxygen atoms in total. The van der Waals surface area contributed by atoms with Crippen molar-refractivity contribution in [2.75, 3.05) is 6.54 Å². The quantitative estimate of drug-likeness (QED) is 0.610. The molecule has 0 rings (SSSR count). The predicted molar refractivity (Wildman–Crippen MR) is 80.6 cm³/mol. The third-order valence-corrected chi connectivity index (χ3v) is 3.60. The van der Waals surface area contributed by atoms with Crippen molar-refractivity contribution in [1.29, 1.82) is 0 Å². The highest BCUT2D eigenvalue weighted by Crippen LogP contribution is 2.19. The number of aliphatic carboxylic acids is 1. The number of amides is 2. The molecule has 0 radical (unpaired) electrons. The van der Waals surface area contributed by atoms with Crippen LogP contribution in [0.5, 0.6) is 0 Å². The van der Waals surface area contributed by atoms with Crippen molar-refractivity contribution in [2.24, 2.45) is 17.8 Å². The van der Waals surface area contributed by atoms with Crippen LogP contribution in [-0.2, 0) is 4.79 Å². The molecule has 0 bridgehead atoms. The maximum absolute atomic E-state index is 11.8. The maximum Gasteiger partial charge on any atom is 0.315 e. The number of carbonyl (C=O) groups is 2. The summed E-state index contributed by atoms with van der Waals surface area (Å²) in [6.45, 7) is 11.2. The minimum Gasteiger partial charge on any atom is -0.481 e. The van der Waals surface area contributed by atoms with Gasteiger partial charge in [-0.15, -0.1) is 0 Å². The van der Waals surface area contributed by atoms with E-state index >= 15 is 0 Å². The summed E-state index contributed by atoms with van der Waals surface area (Å²) in [5, 5.41) is 14.4. The molecule has 20 heavy (non-hydrogen) atoms. The number of urea groups is 1. The van der Waals surface area contributed by atoms with Crippen molar-refractivity contribution in [3.05, 3.63) is 0 Å². The van der Waals surface area contributed by atoms with E-state index in [-0.39, 0.29) is 18.5 Å². The fraction of sp³-hybridized carbons (Fsp3) is 0.867. The Hall–Kier alpha value is -1.26. The Balaban J connectivity index is 4.27. The molecule has 0 saturated carbocycles. The predicted octanol–water partition coefficient (Wildman–Crippen LogP) is 2.86. The zero-order valence-corrected chi connectivity index (χ0v) is 13.4. The van der Waals surface area contributed by atoms with Crippen LogP contribution in [0.2, 0.25) is 0 Å². The van der Waals surface area contributed by atoms with Crippen molar-refractivity contribution < 1.29 is 14.7 Å². The van der Waals surface area contributed by atoms with E-state index in [2.05, 4.69) is 38.3 Å². The molecule has 0 aromatic heterocycles. The molecule has 2 amide bonds. The molecule has 0 aliphatic heterocycles. The Morgan fingerprint density at radius 3 is 2.05 bits per heavy atom. The van der Waals surface area contributed by atoms with E-state index in [1.807, 2.05) is 6.92 Å². The van der Waals surface area contributed by atoms with Crippen molar-refractivity contribution >= 4 is 12.0 Å². The van der Waals surface area contributed by atoms with E-state index in [0.717, 1.165) is 6.42 Å². The maximum atomic E-state index is 11.8. The first-order valence-corrected chi connectivity index (χ1v) is 7.54. The molecule has 0 fully saturated rings. The first-order valence-electron chi connectivity index (χ1n) is 7.54. The third kappa shape index (κ3) is 8.02. The van der Waals surface area contributed by atoms with Gasteiger partial charge in [0.25, 0.3) is 0 Å². The van der Waals surface area contributed by atoms with E-state index in [1.54, 1.807) is 0 Å². The van der Waals surface area contributed by atoms with Crippen LogP contribution < -0.4 is 10.6 Å². The van der Waals surface area contributed by atoms with Gasteiger partial charge in [-0.1, -0.05) is 41.0 Å². The van der Waals surface area contributed by atoms with Crippen molar-refractivity contribution in [1.82, 2.24) is 10.6 Å². The van der Waals surface area contributed by atoms with E-state index in [0.29, 0.717) is 30.7 Å². The highest BCUT2D eigenvalue weighted by Gasteiger charge is 2.19. The van der Waals surface area contributed by atoms with Gasteiger partial charge in [-0.3, -0.25) is 4.79 Å². The molecule has 5 heteroatoms. The second kappa shape index (κ2) is 9.61. The number of hydrogen-bond donors (Lipinski definition) is 3. The molecule has 0 aliphatic carbocycles. The summed E-state index contributed by atoms with van der Waals surface area (Å²) in [4.78, 5) is 22.6. The Morgan fingerprint density at radius 2 is 1.65 bits per heavy atom. The van der Waals surface area contributed by atoms with Crippen LogP contribution in [0, 0.1) is 17.8 Å². The second-order valence-electron chi connectivity index (χ2n) is 6.09. The molecular weight excluding hydrogens is 256 g/mol. The van der Waals surface area contributed by atoms with Gasteiger partial charge in [0.2, 0.25) is 0 Å². The highest BCUT2D eigenvalue weighted by molar-refractivity contribution is 5.75. The SMILES string of the molecule is CCCC(CC(=O)O)NC(=O)NCC(C(C)C)C(C)C. The lowest BCUT2D eigenvalue weighted by Gasteiger charge is -2.25. The van der Waals surface area contributed by atoms with Crippen LogP contribution in [0.25, 0.3) is 0 Å². The van der Waals surface area contributed by atoms with Gasteiger partial charge in [0.05, 0.1) is 6.42 Å². The van der Waals surface area contributed by atoms with E-state index in [9.17, 15) is 9.59 Å². The average Bonchev–Trinajstić information content (AvgIpc) is 2.27. The number of carbonyl (C=O) groups excluding carboxylic acids is 1. The summed E-state index contributed by atoms with van der Waals surface area (Å²) in [7, 11) is 0. The molecule has 0 heterocycles. The fourth-order valence-corrected chi connectivity index (χ4v) is 2.47. The number of hydrogen-bond acceptors (Lipinski definition) is 2. The fourth-order valence-electron chi connectivity index (χ4n) is 2.47. The lowest BCUT2D eigenvalue weighted by atomic mass is 9.85. The van der Waals surface area contributed by atoms with E-state index < -0.39 is 5.97 Å². The van der Waals surface area contributed by atoms with Crippen LogP contribution in [0.15, 0.2) is 0 Å². The molecule has 1 atom stereocenters.